The molecule has 1 aliphatic rings. The van der Waals surface area contributed by atoms with E-state index in [-0.39, 0.29) is 10.2 Å². The van der Waals surface area contributed by atoms with E-state index in [9.17, 15) is 0 Å². The molecule has 0 amide bonds. The molecular formula is C18H29NS. The summed E-state index contributed by atoms with van der Waals surface area (Å²) in [4.78, 5) is 0. The molecule has 0 fully saturated rings. The first kappa shape index (κ1) is 15.9. The first-order chi connectivity index (χ1) is 9.25. The minimum Gasteiger partial charge on any atom is -0.309 e. The van der Waals surface area contributed by atoms with E-state index in [0.29, 0.717) is 6.04 Å². The maximum atomic E-state index is 3.78. The second kappa shape index (κ2) is 5.73. The second-order valence-electron chi connectivity index (χ2n) is 7.44. The number of thioether (sulfide) groups is 1. The summed E-state index contributed by atoms with van der Waals surface area (Å²) < 4.78 is 0.263. The first-order valence-corrected chi connectivity index (χ1v) is 8.75. The van der Waals surface area contributed by atoms with E-state index in [1.54, 1.807) is 0 Å². The van der Waals surface area contributed by atoms with Gasteiger partial charge in [0, 0.05) is 16.5 Å². The molecule has 2 rings (SSSR count). The topological polar surface area (TPSA) is 12.0 Å². The van der Waals surface area contributed by atoms with E-state index in [4.69, 9.17) is 0 Å². The summed E-state index contributed by atoms with van der Waals surface area (Å²) >= 11 is 2.07. The Morgan fingerprint density at radius 2 is 2.00 bits per heavy atom. The average Bonchev–Trinajstić information content (AvgIpc) is 2.35. The highest BCUT2D eigenvalue weighted by molar-refractivity contribution is 8.00. The molecule has 1 unspecified atom stereocenters. The standard InChI is InChI=1S/C18H29NS/c1-7-10-19-16-15-11-14(17(2,3)4)9-8-13(15)12-20-18(16,5)6/h8-9,11,16,19H,7,10,12H2,1-6H3. The normalized spacial score (nSPS) is 21.6. The molecule has 0 spiro atoms. The van der Waals surface area contributed by atoms with E-state index >= 15 is 0 Å². The van der Waals surface area contributed by atoms with Gasteiger partial charge in [-0.1, -0.05) is 45.9 Å². The van der Waals surface area contributed by atoms with Crippen molar-refractivity contribution in [2.75, 3.05) is 6.54 Å². The third-order valence-electron chi connectivity index (χ3n) is 4.22. The van der Waals surface area contributed by atoms with Crippen LogP contribution < -0.4 is 5.32 Å². The van der Waals surface area contributed by atoms with Crippen molar-refractivity contribution in [1.29, 1.82) is 0 Å². The largest absolute Gasteiger partial charge is 0.309 e. The molecule has 1 nitrogen and oxygen atoms in total. The molecule has 0 saturated heterocycles. The van der Waals surface area contributed by atoms with Gasteiger partial charge in [0.2, 0.25) is 0 Å². The quantitative estimate of drug-likeness (QED) is 0.836. The third kappa shape index (κ3) is 3.23. The maximum Gasteiger partial charge on any atom is 0.0467 e. The number of fused-ring (bicyclic) bond motifs is 1. The van der Waals surface area contributed by atoms with Crippen molar-refractivity contribution < 1.29 is 0 Å². The third-order valence-corrected chi connectivity index (χ3v) is 5.65. The summed E-state index contributed by atoms with van der Waals surface area (Å²) in [5, 5.41) is 3.78. The molecule has 1 aromatic carbocycles. The molecule has 1 aliphatic heterocycles. The van der Waals surface area contributed by atoms with Crippen molar-refractivity contribution in [2.24, 2.45) is 0 Å². The maximum absolute atomic E-state index is 3.78. The Bertz CT molecular complexity index is 471. The summed E-state index contributed by atoms with van der Waals surface area (Å²) in [6.45, 7) is 15.0. The van der Waals surface area contributed by atoms with Crippen molar-refractivity contribution in [3.8, 4) is 0 Å². The summed E-state index contributed by atoms with van der Waals surface area (Å²) in [6, 6.07) is 7.57. The van der Waals surface area contributed by atoms with Crippen LogP contribution >= 0.6 is 11.8 Å². The molecule has 20 heavy (non-hydrogen) atoms. The number of rotatable bonds is 3. The van der Waals surface area contributed by atoms with Crippen LogP contribution in [0.5, 0.6) is 0 Å². The predicted molar refractivity (Wildman–Crippen MR) is 91.6 cm³/mol. The molecule has 1 N–H and O–H groups in total. The molecule has 112 valence electrons. The summed E-state index contributed by atoms with van der Waals surface area (Å²) in [5.74, 6) is 1.14. The Morgan fingerprint density at radius 3 is 2.60 bits per heavy atom. The Hall–Kier alpha value is -0.470. The van der Waals surface area contributed by atoms with Crippen LogP contribution in [-0.2, 0) is 11.2 Å². The predicted octanol–water partition coefficient (Wildman–Crippen LogP) is 5.05. The Balaban J connectivity index is 2.42. The Morgan fingerprint density at radius 1 is 1.30 bits per heavy atom. The van der Waals surface area contributed by atoms with Gasteiger partial charge < -0.3 is 5.32 Å². The minimum atomic E-state index is 0.221. The smallest absolute Gasteiger partial charge is 0.0467 e. The van der Waals surface area contributed by atoms with E-state index in [2.05, 4.69) is 76.8 Å². The lowest BCUT2D eigenvalue weighted by atomic mass is 9.82. The average molecular weight is 292 g/mol. The molecule has 0 aromatic heterocycles. The van der Waals surface area contributed by atoms with E-state index < -0.39 is 0 Å². The summed E-state index contributed by atoms with van der Waals surface area (Å²) in [5.41, 5.74) is 4.70. The van der Waals surface area contributed by atoms with Gasteiger partial charge in [-0.3, -0.25) is 0 Å². The van der Waals surface area contributed by atoms with Crippen molar-refractivity contribution in [2.45, 2.75) is 69.9 Å². The van der Waals surface area contributed by atoms with Gasteiger partial charge >= 0.3 is 0 Å². The minimum absolute atomic E-state index is 0.221. The highest BCUT2D eigenvalue weighted by Crippen LogP contribution is 2.46. The lowest BCUT2D eigenvalue weighted by Crippen LogP contribution is -2.40. The van der Waals surface area contributed by atoms with Crippen LogP contribution in [0.4, 0.5) is 0 Å². The molecule has 0 saturated carbocycles. The van der Waals surface area contributed by atoms with Gasteiger partial charge in [-0.2, -0.15) is 0 Å². The van der Waals surface area contributed by atoms with Gasteiger partial charge in [0.25, 0.3) is 0 Å². The molecule has 0 aliphatic carbocycles. The highest BCUT2D eigenvalue weighted by atomic mass is 32.2. The zero-order valence-electron chi connectivity index (χ0n) is 13.8. The van der Waals surface area contributed by atoms with Crippen LogP contribution in [-0.4, -0.2) is 11.3 Å². The summed E-state index contributed by atoms with van der Waals surface area (Å²) in [7, 11) is 0. The fourth-order valence-corrected chi connectivity index (χ4v) is 3.99. The fourth-order valence-electron chi connectivity index (χ4n) is 2.83. The monoisotopic (exact) mass is 291 g/mol. The van der Waals surface area contributed by atoms with Gasteiger partial charge in [0.1, 0.15) is 0 Å². The zero-order chi connectivity index (χ0) is 15.0. The van der Waals surface area contributed by atoms with Gasteiger partial charge in [0.15, 0.2) is 0 Å². The van der Waals surface area contributed by atoms with Crippen LogP contribution in [0.15, 0.2) is 18.2 Å². The van der Waals surface area contributed by atoms with Crippen LogP contribution in [0, 0.1) is 0 Å². The van der Waals surface area contributed by atoms with Crippen molar-refractivity contribution in [3.05, 3.63) is 34.9 Å². The number of nitrogens with one attached hydrogen (secondary N) is 1. The lowest BCUT2D eigenvalue weighted by molar-refractivity contribution is 0.438. The van der Waals surface area contributed by atoms with Crippen molar-refractivity contribution in [1.82, 2.24) is 5.32 Å². The van der Waals surface area contributed by atoms with E-state index in [1.807, 2.05) is 0 Å². The van der Waals surface area contributed by atoms with Crippen LogP contribution in [0.25, 0.3) is 0 Å². The van der Waals surface area contributed by atoms with Crippen molar-refractivity contribution in [3.63, 3.8) is 0 Å². The highest BCUT2D eigenvalue weighted by Gasteiger charge is 2.36. The summed E-state index contributed by atoms with van der Waals surface area (Å²) in [6.07, 6.45) is 1.19. The van der Waals surface area contributed by atoms with Gasteiger partial charge in [0.05, 0.1) is 0 Å². The van der Waals surface area contributed by atoms with Gasteiger partial charge in [-0.15, -0.1) is 11.8 Å². The molecule has 0 bridgehead atoms. The number of hydrogen-bond acceptors (Lipinski definition) is 2. The molecule has 0 radical (unpaired) electrons. The van der Waals surface area contributed by atoms with E-state index in [1.165, 1.54) is 23.1 Å². The van der Waals surface area contributed by atoms with Gasteiger partial charge in [-0.05, 0) is 48.9 Å². The van der Waals surface area contributed by atoms with Crippen LogP contribution in [0.1, 0.15) is 70.7 Å². The van der Waals surface area contributed by atoms with Crippen LogP contribution in [0.3, 0.4) is 0 Å². The molecule has 1 atom stereocenters. The van der Waals surface area contributed by atoms with Crippen LogP contribution in [0.2, 0.25) is 0 Å². The van der Waals surface area contributed by atoms with Crippen molar-refractivity contribution >= 4 is 11.8 Å². The second-order valence-corrected chi connectivity index (χ2v) is 9.07. The molecule has 1 aromatic rings. The Kier molecular flexibility index (Phi) is 4.56. The Labute approximate surface area is 128 Å². The molecular weight excluding hydrogens is 262 g/mol. The SMILES string of the molecule is CCCNC1c2cc(C(C)(C)C)ccc2CSC1(C)C. The fraction of sp³-hybridized carbons (Fsp3) is 0.667. The lowest BCUT2D eigenvalue weighted by Gasteiger charge is -2.41. The zero-order valence-corrected chi connectivity index (χ0v) is 14.7. The molecule has 2 heteroatoms. The van der Waals surface area contributed by atoms with E-state index in [0.717, 1.165) is 12.3 Å². The van der Waals surface area contributed by atoms with Gasteiger partial charge in [-0.25, -0.2) is 0 Å². The first-order valence-electron chi connectivity index (χ1n) is 7.76. The number of benzene rings is 1. The molecule has 1 heterocycles. The number of hydrogen-bond donors (Lipinski definition) is 1.